The van der Waals surface area contributed by atoms with Gasteiger partial charge in [-0.2, -0.15) is 27.5 Å². The third-order valence-electron chi connectivity index (χ3n) is 4.80. The van der Waals surface area contributed by atoms with Crippen molar-refractivity contribution in [3.05, 3.63) is 46.5 Å². The first-order chi connectivity index (χ1) is 11.6. The fraction of sp³-hybridized carbons (Fsp3) is 0.333. The van der Waals surface area contributed by atoms with Gasteiger partial charge in [-0.1, -0.05) is 35.9 Å². The first-order valence-corrected chi connectivity index (χ1v) is 8.97. The van der Waals surface area contributed by atoms with Gasteiger partial charge in [-0.15, -0.1) is 0 Å². The molecule has 0 aromatic heterocycles. The average molecular weight is 353 g/mol. The number of rotatable bonds is 1. The molecule has 4 nitrogen and oxygen atoms in total. The van der Waals surface area contributed by atoms with E-state index >= 15 is 0 Å². The van der Waals surface area contributed by atoms with E-state index in [0.717, 1.165) is 5.56 Å². The van der Waals surface area contributed by atoms with Crippen LogP contribution in [-0.4, -0.2) is 17.2 Å². The van der Waals surface area contributed by atoms with Gasteiger partial charge in [-0.3, -0.25) is 0 Å². The summed E-state index contributed by atoms with van der Waals surface area (Å²) >= 11 is 8.06. The molecule has 24 heavy (non-hydrogen) atoms. The number of halogens is 1. The number of allylic oxidation sites excluding steroid dienone is 1. The highest BCUT2D eigenvalue weighted by Crippen LogP contribution is 2.54. The monoisotopic (exact) mass is 352 g/mol. The Bertz CT molecular complexity index is 841. The number of benzene rings is 1. The van der Waals surface area contributed by atoms with E-state index in [2.05, 4.69) is 6.07 Å². The van der Waals surface area contributed by atoms with Crippen LogP contribution in [0.1, 0.15) is 11.5 Å². The third kappa shape index (κ3) is 2.23. The number of nitriles is 3. The fourth-order valence-corrected chi connectivity index (χ4v) is 5.01. The van der Waals surface area contributed by atoms with Crippen molar-refractivity contribution in [3.63, 3.8) is 0 Å². The van der Waals surface area contributed by atoms with Crippen LogP contribution in [-0.2, 0) is 0 Å². The Labute approximate surface area is 149 Å². The number of thioether (sulfide) groups is 1. The van der Waals surface area contributed by atoms with Gasteiger partial charge in [0, 0.05) is 28.4 Å². The molecular formula is C18H13ClN4S. The summed E-state index contributed by atoms with van der Waals surface area (Å²) in [5.41, 5.74) is -0.301. The molecule has 1 N–H and O–H groups in total. The van der Waals surface area contributed by atoms with E-state index in [0.29, 0.717) is 22.1 Å². The van der Waals surface area contributed by atoms with Crippen molar-refractivity contribution in [3.8, 4) is 18.2 Å². The van der Waals surface area contributed by atoms with E-state index in [1.54, 1.807) is 17.8 Å². The van der Waals surface area contributed by atoms with Gasteiger partial charge in [0.15, 0.2) is 0 Å². The van der Waals surface area contributed by atoms with Crippen molar-refractivity contribution in [2.45, 2.75) is 5.92 Å². The van der Waals surface area contributed by atoms with Crippen molar-refractivity contribution >= 4 is 29.1 Å². The Balaban J connectivity index is 2.25. The fourth-order valence-electron chi connectivity index (χ4n) is 3.67. The number of nitrogens with one attached hydrogen (secondary N) is 1. The molecule has 1 unspecified atom stereocenters. The van der Waals surface area contributed by atoms with E-state index in [-0.39, 0.29) is 17.5 Å². The van der Waals surface area contributed by atoms with Gasteiger partial charge in [0.05, 0.1) is 29.8 Å². The highest BCUT2D eigenvalue weighted by atomic mass is 35.5. The molecule has 0 spiro atoms. The molecule has 0 saturated heterocycles. The molecule has 1 fully saturated rings. The first kappa shape index (κ1) is 16.6. The zero-order valence-corrected chi connectivity index (χ0v) is 14.2. The molecule has 2 aliphatic rings. The summed E-state index contributed by atoms with van der Waals surface area (Å²) in [6.07, 6.45) is 1.89. The van der Waals surface area contributed by atoms with E-state index in [4.69, 9.17) is 17.0 Å². The van der Waals surface area contributed by atoms with Crippen LogP contribution in [0.15, 0.2) is 35.9 Å². The zero-order chi connectivity index (χ0) is 17.3. The second-order valence-corrected chi connectivity index (χ2v) is 7.33. The van der Waals surface area contributed by atoms with E-state index in [1.807, 2.05) is 36.4 Å². The summed E-state index contributed by atoms with van der Waals surface area (Å²) < 4.78 is 0. The molecule has 0 amide bonds. The molecule has 118 valence electrons. The third-order valence-corrected chi connectivity index (χ3v) is 6.14. The van der Waals surface area contributed by atoms with Crippen molar-refractivity contribution in [1.29, 1.82) is 21.2 Å². The Hall–Kier alpha value is -2.26. The van der Waals surface area contributed by atoms with Crippen LogP contribution in [0.2, 0.25) is 5.02 Å². The summed E-state index contributed by atoms with van der Waals surface area (Å²) in [6.45, 7) is 0. The van der Waals surface area contributed by atoms with Crippen LogP contribution in [0.4, 0.5) is 0 Å². The molecule has 3 atom stereocenters. The van der Waals surface area contributed by atoms with Crippen molar-refractivity contribution in [2.75, 3.05) is 11.5 Å². The van der Waals surface area contributed by atoms with Crippen molar-refractivity contribution < 1.29 is 0 Å². The minimum atomic E-state index is -1.64. The lowest BCUT2D eigenvalue weighted by Crippen LogP contribution is -2.48. The minimum absolute atomic E-state index is 0.130. The molecular weight excluding hydrogens is 340 g/mol. The summed E-state index contributed by atoms with van der Waals surface area (Å²) in [5, 5.41) is 38.1. The highest BCUT2D eigenvalue weighted by Gasteiger charge is 2.56. The van der Waals surface area contributed by atoms with Gasteiger partial charge in [-0.05, 0) is 17.2 Å². The van der Waals surface area contributed by atoms with Gasteiger partial charge >= 0.3 is 0 Å². The Morgan fingerprint density at radius 2 is 1.92 bits per heavy atom. The van der Waals surface area contributed by atoms with Gasteiger partial charge in [-0.25, -0.2) is 0 Å². The summed E-state index contributed by atoms with van der Waals surface area (Å²) in [6, 6.07) is 13.5. The molecule has 1 aliphatic carbocycles. The van der Waals surface area contributed by atoms with Crippen LogP contribution >= 0.6 is 23.4 Å². The summed E-state index contributed by atoms with van der Waals surface area (Å²) in [7, 11) is 0. The molecule has 0 bridgehead atoms. The summed E-state index contributed by atoms with van der Waals surface area (Å²) in [4.78, 5) is 0. The lowest BCUT2D eigenvalue weighted by molar-refractivity contribution is 0.412. The Kier molecular flexibility index (Phi) is 4.37. The van der Waals surface area contributed by atoms with Gasteiger partial charge in [0.25, 0.3) is 0 Å². The molecule has 1 aromatic carbocycles. The molecule has 1 aromatic rings. The normalized spacial score (nSPS) is 27.8. The molecule has 3 rings (SSSR count). The maximum atomic E-state index is 9.72. The minimum Gasteiger partial charge on any atom is -0.305 e. The lowest BCUT2D eigenvalue weighted by Gasteiger charge is -2.45. The number of hydrogen-bond donors (Lipinski definition) is 1. The molecule has 0 radical (unpaired) electrons. The zero-order valence-electron chi connectivity index (χ0n) is 12.7. The van der Waals surface area contributed by atoms with E-state index in [1.165, 1.54) is 0 Å². The number of fused-ring (bicyclic) bond motifs is 1. The topological polar surface area (TPSA) is 95.2 Å². The lowest BCUT2D eigenvalue weighted by atomic mass is 9.56. The Morgan fingerprint density at radius 3 is 2.54 bits per heavy atom. The van der Waals surface area contributed by atoms with Crippen molar-refractivity contribution in [1.82, 2.24) is 0 Å². The second-order valence-electron chi connectivity index (χ2n) is 5.84. The smallest absolute Gasteiger partial charge is 0.203 e. The van der Waals surface area contributed by atoms with Crippen LogP contribution in [0.3, 0.4) is 0 Å². The van der Waals surface area contributed by atoms with Crippen LogP contribution < -0.4 is 0 Å². The van der Waals surface area contributed by atoms with E-state index in [9.17, 15) is 15.8 Å². The van der Waals surface area contributed by atoms with Gasteiger partial charge in [0.1, 0.15) is 0 Å². The largest absolute Gasteiger partial charge is 0.305 e. The maximum absolute atomic E-state index is 9.72. The second kappa shape index (κ2) is 6.33. The molecule has 1 saturated carbocycles. The average Bonchev–Trinajstić information content (AvgIpc) is 2.62. The van der Waals surface area contributed by atoms with Crippen LogP contribution in [0.5, 0.6) is 0 Å². The van der Waals surface area contributed by atoms with Crippen LogP contribution in [0.25, 0.3) is 0 Å². The number of hydrogen-bond acceptors (Lipinski definition) is 5. The predicted molar refractivity (Wildman–Crippen MR) is 93.6 cm³/mol. The number of nitrogens with zero attached hydrogens (tertiary/aromatic N) is 3. The first-order valence-electron chi connectivity index (χ1n) is 7.44. The van der Waals surface area contributed by atoms with E-state index < -0.39 is 11.3 Å². The standard InChI is InChI=1S/C18H13ClN4S/c19-15-4-2-1-3-11(15)16-12(7-20)17(23)18(9-21,10-22)14-5-6-24-8-13(14)16/h1-5,12-13,16,23H,6,8H2/t12?,13-,16-/m0/s1. The van der Waals surface area contributed by atoms with Crippen LogP contribution in [0, 0.1) is 56.7 Å². The summed E-state index contributed by atoms with van der Waals surface area (Å²) in [5.74, 6) is 0.103. The molecule has 1 heterocycles. The van der Waals surface area contributed by atoms with Gasteiger partial charge < -0.3 is 5.41 Å². The maximum Gasteiger partial charge on any atom is 0.203 e. The molecule has 6 heteroatoms. The SMILES string of the molecule is N#CC1C(=N)C(C#N)(C#N)C2=CCSC[C@@H]2[C@H]1c1ccccc1Cl. The molecule has 1 aliphatic heterocycles. The highest BCUT2D eigenvalue weighted by molar-refractivity contribution is 7.99. The van der Waals surface area contributed by atoms with Crippen molar-refractivity contribution in [2.24, 2.45) is 17.3 Å². The quantitative estimate of drug-likeness (QED) is 0.775. The predicted octanol–water partition coefficient (Wildman–Crippen LogP) is 3.92. The Morgan fingerprint density at radius 1 is 1.21 bits per heavy atom. The van der Waals surface area contributed by atoms with Gasteiger partial charge in [0.2, 0.25) is 5.41 Å².